The molecule has 0 saturated carbocycles. The van der Waals surface area contributed by atoms with Gasteiger partial charge in [-0.3, -0.25) is 24.0 Å². The standard InChI is InChI=1S/C32H45NO14/c1-17-25(18(2)35)45-28(27(43-20(4)37)26(17)42-19(3)36)44-24-12-11-21(16-34)15-22(24)23(38)13-14-41-33(29(39)46-31(5,6)7)30(40)47-32(8,9)10/h11-12,15,17,25-28,34H,13-14,16H2,1-10H3/t17-,25+,26+,27-,28-/m1/s1. The van der Waals surface area contributed by atoms with Gasteiger partial charge in [-0.1, -0.05) is 18.1 Å². The van der Waals surface area contributed by atoms with E-state index in [0.29, 0.717) is 5.56 Å². The Morgan fingerprint density at radius 3 is 1.85 bits per heavy atom. The van der Waals surface area contributed by atoms with E-state index in [1.54, 1.807) is 48.5 Å². The lowest BCUT2D eigenvalue weighted by Crippen LogP contribution is -2.59. The third-order valence-corrected chi connectivity index (χ3v) is 6.31. The maximum atomic E-state index is 13.5. The molecule has 0 radical (unpaired) electrons. The Balaban J connectivity index is 2.39. The number of carbonyl (C=O) groups is 6. The fourth-order valence-electron chi connectivity index (χ4n) is 4.49. The summed E-state index contributed by atoms with van der Waals surface area (Å²) in [6, 6.07) is 4.17. The van der Waals surface area contributed by atoms with Crippen LogP contribution in [0.25, 0.3) is 0 Å². The molecule has 0 aliphatic carbocycles. The van der Waals surface area contributed by atoms with Crippen molar-refractivity contribution in [2.45, 2.75) is 118 Å². The smallest absolute Gasteiger partial charge is 0.444 e. The molecule has 15 nitrogen and oxygen atoms in total. The topological polar surface area (TPSA) is 190 Å². The van der Waals surface area contributed by atoms with Gasteiger partial charge in [0.1, 0.15) is 23.1 Å². The molecule has 0 bridgehead atoms. The van der Waals surface area contributed by atoms with Crippen LogP contribution in [-0.2, 0) is 49.5 Å². The van der Waals surface area contributed by atoms with E-state index in [4.69, 9.17) is 33.3 Å². The normalized spacial score (nSPS) is 21.2. The fourth-order valence-corrected chi connectivity index (χ4v) is 4.49. The lowest BCUT2D eigenvalue weighted by Gasteiger charge is -2.43. The lowest BCUT2D eigenvalue weighted by atomic mass is 9.88. The Morgan fingerprint density at radius 1 is 0.851 bits per heavy atom. The van der Waals surface area contributed by atoms with Crippen LogP contribution in [0.4, 0.5) is 9.59 Å². The number of aliphatic hydroxyl groups excluding tert-OH is 1. The van der Waals surface area contributed by atoms with E-state index < -0.39 is 97.0 Å². The van der Waals surface area contributed by atoms with Crippen LogP contribution in [0, 0.1) is 5.92 Å². The van der Waals surface area contributed by atoms with Crippen LogP contribution < -0.4 is 4.74 Å². The maximum Gasteiger partial charge on any atom is 0.444 e. The third-order valence-electron chi connectivity index (χ3n) is 6.31. The van der Waals surface area contributed by atoms with Crippen LogP contribution in [0.2, 0.25) is 0 Å². The summed E-state index contributed by atoms with van der Waals surface area (Å²) in [5.74, 6) is -3.29. The van der Waals surface area contributed by atoms with E-state index in [2.05, 4.69) is 0 Å². The molecule has 0 spiro atoms. The van der Waals surface area contributed by atoms with Gasteiger partial charge >= 0.3 is 24.1 Å². The summed E-state index contributed by atoms with van der Waals surface area (Å²) in [7, 11) is 0. The van der Waals surface area contributed by atoms with Crippen molar-refractivity contribution in [1.82, 2.24) is 5.06 Å². The zero-order chi connectivity index (χ0) is 35.9. The van der Waals surface area contributed by atoms with Crippen LogP contribution >= 0.6 is 0 Å². The van der Waals surface area contributed by atoms with Crippen molar-refractivity contribution in [3.05, 3.63) is 29.3 Å². The molecular formula is C32H45NO14. The van der Waals surface area contributed by atoms with Gasteiger partial charge in [0, 0.05) is 26.2 Å². The van der Waals surface area contributed by atoms with Gasteiger partial charge in [-0.25, -0.2) is 9.59 Å². The molecule has 1 aromatic carbocycles. The lowest BCUT2D eigenvalue weighted by molar-refractivity contribution is -0.261. The van der Waals surface area contributed by atoms with Gasteiger partial charge in [-0.2, -0.15) is 0 Å². The van der Waals surface area contributed by atoms with Crippen LogP contribution in [0.3, 0.4) is 0 Å². The number of aliphatic hydroxyl groups is 1. The summed E-state index contributed by atoms with van der Waals surface area (Å²) in [4.78, 5) is 80.8. The molecule has 1 saturated heterocycles. The van der Waals surface area contributed by atoms with Crippen molar-refractivity contribution < 1.29 is 67.1 Å². The molecule has 2 amide bonds. The van der Waals surface area contributed by atoms with E-state index in [1.165, 1.54) is 25.1 Å². The Labute approximate surface area is 273 Å². The second-order valence-corrected chi connectivity index (χ2v) is 12.9. The van der Waals surface area contributed by atoms with Crippen molar-refractivity contribution in [2.24, 2.45) is 5.92 Å². The largest absolute Gasteiger partial charge is 0.460 e. The first kappa shape index (κ1) is 39.1. The first-order valence-corrected chi connectivity index (χ1v) is 15.0. The molecule has 1 N–H and O–H groups in total. The van der Waals surface area contributed by atoms with Crippen molar-refractivity contribution in [3.8, 4) is 5.75 Å². The van der Waals surface area contributed by atoms with E-state index in [0.717, 1.165) is 13.8 Å². The van der Waals surface area contributed by atoms with Crippen molar-refractivity contribution in [1.29, 1.82) is 0 Å². The van der Waals surface area contributed by atoms with E-state index in [-0.39, 0.29) is 16.4 Å². The second kappa shape index (κ2) is 16.2. The summed E-state index contributed by atoms with van der Waals surface area (Å²) < 4.78 is 33.2. The molecule has 0 aromatic heterocycles. The van der Waals surface area contributed by atoms with Crippen LogP contribution in [0.1, 0.15) is 91.6 Å². The molecular weight excluding hydrogens is 622 g/mol. The number of benzene rings is 1. The number of imide groups is 1. The summed E-state index contributed by atoms with van der Waals surface area (Å²) in [5.41, 5.74) is -1.70. The molecule has 5 atom stereocenters. The minimum absolute atomic E-state index is 0.0755. The fraction of sp³-hybridized carbons (Fsp3) is 0.625. The molecule has 47 heavy (non-hydrogen) atoms. The number of ketones is 2. The Kier molecular flexibility index (Phi) is 13.4. The first-order valence-electron chi connectivity index (χ1n) is 15.0. The highest BCUT2D eigenvalue weighted by Crippen LogP contribution is 2.34. The van der Waals surface area contributed by atoms with Crippen molar-refractivity contribution >= 4 is 35.7 Å². The van der Waals surface area contributed by atoms with E-state index in [1.807, 2.05) is 0 Å². The zero-order valence-corrected chi connectivity index (χ0v) is 28.4. The Hall–Kier alpha value is -4.08. The second-order valence-electron chi connectivity index (χ2n) is 12.9. The number of esters is 2. The number of carbonyl (C=O) groups excluding carboxylic acids is 6. The quantitative estimate of drug-likeness (QED) is 0.154. The molecule has 1 aliphatic rings. The number of Topliss-reactive ketones (excluding diaryl/α,β-unsaturated/α-hetero) is 2. The summed E-state index contributed by atoms with van der Waals surface area (Å²) >= 11 is 0. The summed E-state index contributed by atoms with van der Waals surface area (Å²) in [5, 5.41) is 10.0. The Bertz CT molecular complexity index is 1300. The molecule has 1 aromatic rings. The molecule has 1 heterocycles. The number of hydroxylamine groups is 2. The van der Waals surface area contributed by atoms with Crippen LogP contribution in [0.5, 0.6) is 5.75 Å². The van der Waals surface area contributed by atoms with Gasteiger partial charge in [-0.05, 0) is 66.2 Å². The third kappa shape index (κ3) is 11.9. The van der Waals surface area contributed by atoms with Gasteiger partial charge in [0.05, 0.1) is 18.8 Å². The minimum atomic E-state index is -1.51. The first-order chi connectivity index (χ1) is 21.6. The average Bonchev–Trinajstić information content (AvgIpc) is 2.91. The predicted molar refractivity (Wildman–Crippen MR) is 162 cm³/mol. The molecule has 262 valence electrons. The number of rotatable bonds is 11. The Morgan fingerprint density at radius 2 is 1.38 bits per heavy atom. The summed E-state index contributed by atoms with van der Waals surface area (Å²) in [6.45, 7) is 13.8. The molecule has 1 aliphatic heterocycles. The molecule has 0 unspecified atom stereocenters. The van der Waals surface area contributed by atoms with E-state index >= 15 is 0 Å². The minimum Gasteiger partial charge on any atom is -0.460 e. The highest BCUT2D eigenvalue weighted by molar-refractivity contribution is 5.99. The monoisotopic (exact) mass is 667 g/mol. The van der Waals surface area contributed by atoms with Crippen molar-refractivity contribution in [3.63, 3.8) is 0 Å². The number of nitrogens with zero attached hydrogens (tertiary/aromatic N) is 1. The maximum absolute atomic E-state index is 13.5. The summed E-state index contributed by atoms with van der Waals surface area (Å²) in [6.07, 6.45) is -7.82. The van der Waals surface area contributed by atoms with Gasteiger partial charge < -0.3 is 33.5 Å². The van der Waals surface area contributed by atoms with Crippen molar-refractivity contribution in [2.75, 3.05) is 6.61 Å². The average molecular weight is 668 g/mol. The molecule has 15 heteroatoms. The molecule has 1 fully saturated rings. The zero-order valence-electron chi connectivity index (χ0n) is 28.4. The van der Waals surface area contributed by atoms with Gasteiger partial charge in [0.2, 0.25) is 12.4 Å². The highest BCUT2D eigenvalue weighted by Gasteiger charge is 2.50. The highest BCUT2D eigenvalue weighted by atomic mass is 16.8. The molecule has 2 rings (SSSR count). The number of amides is 2. The SMILES string of the molecule is CC(=O)O[C@H]1[C@H](Oc2ccc(CO)cc2C(=O)CCON(C(=O)OC(C)(C)C)C(=O)OC(C)(C)C)O[C@H](C(C)=O)[C@@H](C)[C@@H]1OC(C)=O. The van der Waals surface area contributed by atoms with Crippen LogP contribution in [0.15, 0.2) is 18.2 Å². The van der Waals surface area contributed by atoms with E-state index in [9.17, 15) is 33.9 Å². The predicted octanol–water partition coefficient (Wildman–Crippen LogP) is 4.05. The number of hydrogen-bond donors (Lipinski definition) is 1. The number of ether oxygens (including phenoxy) is 6. The van der Waals surface area contributed by atoms with Crippen LogP contribution in [-0.4, -0.2) is 88.3 Å². The van der Waals surface area contributed by atoms with Gasteiger partial charge in [-0.15, -0.1) is 0 Å². The van der Waals surface area contributed by atoms with Gasteiger partial charge in [0.15, 0.2) is 17.7 Å². The van der Waals surface area contributed by atoms with Gasteiger partial charge in [0.25, 0.3) is 0 Å². The number of hydrogen-bond acceptors (Lipinski definition) is 14.